The Morgan fingerprint density at radius 3 is 2.41 bits per heavy atom. The molecule has 0 amide bonds. The maximum atomic E-state index is 13.0. The second-order valence-electron chi connectivity index (χ2n) is 6.79. The number of nitrogens with zero attached hydrogens (tertiary/aromatic N) is 1. The van der Waals surface area contributed by atoms with E-state index < -0.39 is 35.1 Å². The highest BCUT2D eigenvalue weighted by molar-refractivity contribution is 6.27. The molecule has 2 unspecified atom stereocenters. The second-order valence-corrected chi connectivity index (χ2v) is 6.79. The van der Waals surface area contributed by atoms with Crippen LogP contribution in [-0.4, -0.2) is 36.1 Å². The molecule has 2 bridgehead atoms. The lowest BCUT2D eigenvalue weighted by molar-refractivity contribution is -0.141. The molecule has 144 valence electrons. The van der Waals surface area contributed by atoms with Crippen molar-refractivity contribution in [3.05, 3.63) is 35.2 Å². The number of carbonyl (C=O) groups is 3. The molecule has 0 aromatic carbocycles. The maximum Gasteiger partial charge on any atom is 0.433 e. The van der Waals surface area contributed by atoms with Crippen LogP contribution in [0.1, 0.15) is 41.0 Å². The molecular weight excluding hydrogens is 363 g/mol. The monoisotopic (exact) mass is 381 g/mol. The van der Waals surface area contributed by atoms with Crippen LogP contribution in [0.4, 0.5) is 13.2 Å². The molecule has 3 rings (SSSR count). The zero-order valence-corrected chi connectivity index (χ0v) is 14.6. The van der Waals surface area contributed by atoms with Crippen LogP contribution in [0.3, 0.4) is 0 Å². The van der Waals surface area contributed by atoms with Crippen molar-refractivity contribution in [2.45, 2.75) is 25.4 Å². The largest absolute Gasteiger partial charge is 0.433 e. The standard InChI is InChI=1S/C19H18F3NO4/c1-27-8-2-3-13-12(6-7-14(23-13)19(20,21)22)18(26)15-16(24)10-4-5-11(9-10)17(15)25/h2-3,6-7,10-11,15H,4-5,8-9H2,1H3. The first-order valence-corrected chi connectivity index (χ1v) is 8.59. The van der Waals surface area contributed by atoms with E-state index in [2.05, 4.69) is 4.98 Å². The van der Waals surface area contributed by atoms with Crippen LogP contribution in [0.25, 0.3) is 6.08 Å². The summed E-state index contributed by atoms with van der Waals surface area (Å²) < 4.78 is 43.7. The third kappa shape index (κ3) is 3.71. The van der Waals surface area contributed by atoms with Gasteiger partial charge in [0.15, 0.2) is 17.3 Å². The Kier molecular flexibility index (Phi) is 5.28. The first-order chi connectivity index (χ1) is 12.7. The highest BCUT2D eigenvalue weighted by atomic mass is 19.4. The third-order valence-corrected chi connectivity index (χ3v) is 5.09. The fourth-order valence-electron chi connectivity index (χ4n) is 3.75. The van der Waals surface area contributed by atoms with Crippen molar-refractivity contribution in [3.8, 4) is 0 Å². The van der Waals surface area contributed by atoms with Gasteiger partial charge in [0.2, 0.25) is 0 Å². The fraction of sp³-hybridized carbons (Fsp3) is 0.474. The number of ketones is 3. The van der Waals surface area contributed by atoms with Crippen molar-refractivity contribution in [2.75, 3.05) is 13.7 Å². The smallest absolute Gasteiger partial charge is 0.381 e. The highest BCUT2D eigenvalue weighted by Crippen LogP contribution is 2.41. The summed E-state index contributed by atoms with van der Waals surface area (Å²) in [6.07, 6.45) is -0.421. The summed E-state index contributed by atoms with van der Waals surface area (Å²) in [5, 5.41) is 0. The predicted octanol–water partition coefficient (Wildman–Crippen LogP) is 3.13. The Morgan fingerprint density at radius 1 is 1.22 bits per heavy atom. The molecule has 8 heteroatoms. The number of aromatic nitrogens is 1. The van der Waals surface area contributed by atoms with Crippen LogP contribution in [0, 0.1) is 17.8 Å². The average Bonchev–Trinajstić information content (AvgIpc) is 3.07. The Hall–Kier alpha value is -2.35. The van der Waals surface area contributed by atoms with Gasteiger partial charge in [0, 0.05) is 24.5 Å². The van der Waals surface area contributed by atoms with Crippen LogP contribution in [0.2, 0.25) is 0 Å². The molecule has 0 saturated heterocycles. The first kappa shape index (κ1) is 19.4. The van der Waals surface area contributed by atoms with Crippen molar-refractivity contribution in [3.63, 3.8) is 0 Å². The van der Waals surface area contributed by atoms with Gasteiger partial charge in [-0.3, -0.25) is 14.4 Å². The zero-order chi connectivity index (χ0) is 19.8. The summed E-state index contributed by atoms with van der Waals surface area (Å²) >= 11 is 0. The Balaban J connectivity index is 2.00. The zero-order valence-electron chi connectivity index (χ0n) is 14.6. The van der Waals surface area contributed by atoms with Gasteiger partial charge >= 0.3 is 6.18 Å². The number of carbonyl (C=O) groups excluding carboxylic acids is 3. The summed E-state index contributed by atoms with van der Waals surface area (Å²) in [6.45, 7) is 0.108. The predicted molar refractivity (Wildman–Crippen MR) is 88.8 cm³/mol. The van der Waals surface area contributed by atoms with Gasteiger partial charge in [-0.05, 0) is 37.5 Å². The summed E-state index contributed by atoms with van der Waals surface area (Å²) in [5.74, 6) is -3.71. The molecule has 5 nitrogen and oxygen atoms in total. The van der Waals surface area contributed by atoms with E-state index >= 15 is 0 Å². The topological polar surface area (TPSA) is 73.3 Å². The molecule has 1 aromatic heterocycles. The molecule has 0 N–H and O–H groups in total. The summed E-state index contributed by atoms with van der Waals surface area (Å²) in [4.78, 5) is 41.5. The maximum absolute atomic E-state index is 13.0. The van der Waals surface area contributed by atoms with Crippen LogP contribution in [0.15, 0.2) is 18.2 Å². The van der Waals surface area contributed by atoms with E-state index in [-0.39, 0.29) is 29.7 Å². The number of methoxy groups -OCH3 is 1. The molecule has 2 saturated carbocycles. The van der Waals surface area contributed by atoms with E-state index in [0.29, 0.717) is 25.3 Å². The molecule has 2 aliphatic carbocycles. The molecule has 0 radical (unpaired) electrons. The van der Waals surface area contributed by atoms with E-state index in [4.69, 9.17) is 4.74 Å². The lowest BCUT2D eigenvalue weighted by atomic mass is 9.75. The van der Waals surface area contributed by atoms with Gasteiger partial charge in [0.25, 0.3) is 0 Å². The van der Waals surface area contributed by atoms with Gasteiger partial charge in [-0.25, -0.2) is 4.98 Å². The first-order valence-electron chi connectivity index (χ1n) is 8.59. The average molecular weight is 381 g/mol. The number of Topliss-reactive ketones (excluding diaryl/α,β-unsaturated/α-hetero) is 3. The third-order valence-electron chi connectivity index (χ3n) is 5.09. The number of alkyl halides is 3. The quantitative estimate of drug-likeness (QED) is 0.579. The lowest BCUT2D eigenvalue weighted by Crippen LogP contribution is -2.41. The van der Waals surface area contributed by atoms with Crippen LogP contribution < -0.4 is 0 Å². The van der Waals surface area contributed by atoms with Crippen LogP contribution in [0.5, 0.6) is 0 Å². The van der Waals surface area contributed by atoms with Crippen LogP contribution >= 0.6 is 0 Å². The number of hydrogen-bond donors (Lipinski definition) is 0. The molecule has 1 aromatic rings. The van der Waals surface area contributed by atoms with E-state index in [9.17, 15) is 27.6 Å². The molecule has 1 heterocycles. The van der Waals surface area contributed by atoms with Gasteiger partial charge in [-0.2, -0.15) is 13.2 Å². The van der Waals surface area contributed by atoms with E-state index in [1.54, 1.807) is 0 Å². The summed E-state index contributed by atoms with van der Waals surface area (Å²) in [5.41, 5.74) is -1.55. The Morgan fingerprint density at radius 2 is 1.85 bits per heavy atom. The molecule has 27 heavy (non-hydrogen) atoms. The SMILES string of the molecule is COCC=Cc1nc(C(F)(F)F)ccc1C(=O)C1C(=O)C2CCC(C2)C1=O. The number of ether oxygens (including phenoxy) is 1. The van der Waals surface area contributed by atoms with Gasteiger partial charge in [-0.15, -0.1) is 0 Å². The normalized spacial score (nSPS) is 25.4. The molecule has 2 atom stereocenters. The van der Waals surface area contributed by atoms with Crippen molar-refractivity contribution >= 4 is 23.4 Å². The van der Waals surface area contributed by atoms with Crippen molar-refractivity contribution in [1.29, 1.82) is 0 Å². The lowest BCUT2D eigenvalue weighted by Gasteiger charge is -2.24. The van der Waals surface area contributed by atoms with Crippen molar-refractivity contribution in [2.24, 2.45) is 17.8 Å². The molecule has 2 aliphatic rings. The minimum absolute atomic E-state index is 0.108. The Labute approximate surface area is 153 Å². The summed E-state index contributed by atoms with van der Waals surface area (Å²) in [6, 6.07) is 1.68. The van der Waals surface area contributed by atoms with Gasteiger partial charge in [0.05, 0.1) is 12.3 Å². The minimum atomic E-state index is -4.68. The molecular formula is C19H18F3NO4. The highest BCUT2D eigenvalue weighted by Gasteiger charge is 2.50. The van der Waals surface area contributed by atoms with Crippen molar-refractivity contribution in [1.82, 2.24) is 4.98 Å². The van der Waals surface area contributed by atoms with Crippen LogP contribution in [-0.2, 0) is 20.5 Å². The number of rotatable bonds is 5. The van der Waals surface area contributed by atoms with Crippen molar-refractivity contribution < 1.29 is 32.3 Å². The molecule has 2 fully saturated rings. The molecule has 0 aliphatic heterocycles. The van der Waals surface area contributed by atoms with E-state index in [1.807, 2.05) is 0 Å². The number of pyridine rings is 1. The number of fused-ring (bicyclic) bond motifs is 2. The number of hydrogen-bond acceptors (Lipinski definition) is 5. The van der Waals surface area contributed by atoms with E-state index in [0.717, 1.165) is 6.07 Å². The Bertz CT molecular complexity index is 794. The fourth-order valence-corrected chi connectivity index (χ4v) is 3.75. The van der Waals surface area contributed by atoms with Gasteiger partial charge in [-0.1, -0.05) is 6.08 Å². The molecule has 0 spiro atoms. The minimum Gasteiger partial charge on any atom is -0.381 e. The van der Waals surface area contributed by atoms with E-state index in [1.165, 1.54) is 19.3 Å². The van der Waals surface area contributed by atoms with Gasteiger partial charge in [0.1, 0.15) is 11.6 Å². The number of halogens is 3. The summed E-state index contributed by atoms with van der Waals surface area (Å²) in [7, 11) is 1.41. The van der Waals surface area contributed by atoms with Gasteiger partial charge < -0.3 is 4.74 Å². The second kappa shape index (κ2) is 7.34.